The Morgan fingerprint density at radius 1 is 1.14 bits per heavy atom. The number of fused-ring (bicyclic) bond motifs is 1. The molecule has 4 N–H and O–H groups in total. The lowest BCUT2D eigenvalue weighted by molar-refractivity contribution is -0.0511. The SMILES string of the molecule is OCCCc1ncnc2c1ncn2C1O[C@H](CO)[C@@H](O)[C@H]1O. The number of nitrogens with zero attached hydrogens (tertiary/aromatic N) is 4. The second-order valence-electron chi connectivity index (χ2n) is 5.20. The van der Waals surface area contributed by atoms with Crippen LogP contribution >= 0.6 is 0 Å². The summed E-state index contributed by atoms with van der Waals surface area (Å²) in [7, 11) is 0. The van der Waals surface area contributed by atoms with Gasteiger partial charge in [-0.25, -0.2) is 15.0 Å². The number of hydrogen-bond acceptors (Lipinski definition) is 8. The predicted octanol–water partition coefficient (Wildman–Crippen LogP) is -1.64. The molecule has 1 aliphatic heterocycles. The summed E-state index contributed by atoms with van der Waals surface area (Å²) in [6.07, 6.45) is -0.133. The van der Waals surface area contributed by atoms with Gasteiger partial charge in [-0.3, -0.25) is 4.57 Å². The van der Waals surface area contributed by atoms with Crippen LogP contribution in [0.4, 0.5) is 0 Å². The molecule has 0 bridgehead atoms. The average molecular weight is 310 g/mol. The first kappa shape index (κ1) is 15.3. The number of aryl methyl sites for hydroxylation is 1. The Morgan fingerprint density at radius 2 is 1.95 bits per heavy atom. The number of aliphatic hydroxyl groups excluding tert-OH is 4. The summed E-state index contributed by atoms with van der Waals surface area (Å²) >= 11 is 0. The molecule has 9 heteroatoms. The van der Waals surface area contributed by atoms with Crippen molar-refractivity contribution in [2.75, 3.05) is 13.2 Å². The number of aliphatic hydroxyl groups is 4. The van der Waals surface area contributed by atoms with Crippen LogP contribution in [0.3, 0.4) is 0 Å². The quantitative estimate of drug-likeness (QED) is 0.517. The molecule has 0 aromatic carbocycles. The summed E-state index contributed by atoms with van der Waals surface area (Å²) < 4.78 is 7.00. The molecule has 3 rings (SSSR count). The molecule has 2 aromatic rings. The summed E-state index contributed by atoms with van der Waals surface area (Å²) in [5.41, 5.74) is 1.73. The third-order valence-electron chi connectivity index (χ3n) is 3.80. The zero-order chi connectivity index (χ0) is 15.7. The molecule has 1 aliphatic rings. The maximum atomic E-state index is 10.1. The maximum absolute atomic E-state index is 10.1. The van der Waals surface area contributed by atoms with Gasteiger partial charge >= 0.3 is 0 Å². The molecule has 120 valence electrons. The average Bonchev–Trinajstić information content (AvgIpc) is 3.08. The second kappa shape index (κ2) is 6.23. The van der Waals surface area contributed by atoms with Crippen LogP contribution < -0.4 is 0 Å². The highest BCUT2D eigenvalue weighted by Gasteiger charge is 2.43. The maximum Gasteiger partial charge on any atom is 0.165 e. The number of ether oxygens (including phenoxy) is 1. The van der Waals surface area contributed by atoms with Crippen molar-refractivity contribution in [1.29, 1.82) is 0 Å². The van der Waals surface area contributed by atoms with E-state index in [2.05, 4.69) is 15.0 Å². The van der Waals surface area contributed by atoms with E-state index in [0.29, 0.717) is 29.7 Å². The first-order valence-electron chi connectivity index (χ1n) is 7.07. The summed E-state index contributed by atoms with van der Waals surface area (Å²) in [6.45, 7) is -0.334. The van der Waals surface area contributed by atoms with Gasteiger partial charge in [0.25, 0.3) is 0 Å². The molecule has 0 radical (unpaired) electrons. The van der Waals surface area contributed by atoms with Gasteiger partial charge in [0, 0.05) is 6.61 Å². The van der Waals surface area contributed by atoms with Gasteiger partial charge in [-0.2, -0.15) is 0 Å². The van der Waals surface area contributed by atoms with Crippen LogP contribution in [-0.2, 0) is 11.2 Å². The fourth-order valence-electron chi connectivity index (χ4n) is 2.63. The van der Waals surface area contributed by atoms with Gasteiger partial charge < -0.3 is 25.2 Å². The Morgan fingerprint density at radius 3 is 2.64 bits per heavy atom. The van der Waals surface area contributed by atoms with Crippen molar-refractivity contribution in [3.8, 4) is 0 Å². The number of imidazole rings is 1. The lowest BCUT2D eigenvalue weighted by Crippen LogP contribution is -2.33. The standard InChI is InChI=1S/C13H18N4O5/c18-3-1-2-7-9-12(15-5-14-7)17(6-16-9)13-11(21)10(20)8(4-19)22-13/h5-6,8,10-11,13,18-21H,1-4H2/t8-,10-,11-,13?/m1/s1. The van der Waals surface area contributed by atoms with Crippen LogP contribution in [0.1, 0.15) is 18.3 Å². The minimum atomic E-state index is -1.19. The third-order valence-corrected chi connectivity index (χ3v) is 3.80. The minimum Gasteiger partial charge on any atom is -0.396 e. The first-order chi connectivity index (χ1) is 10.7. The van der Waals surface area contributed by atoms with E-state index in [1.165, 1.54) is 17.2 Å². The third kappa shape index (κ3) is 2.46. The number of rotatable bonds is 5. The minimum absolute atomic E-state index is 0.0566. The molecule has 4 atom stereocenters. The summed E-state index contributed by atoms with van der Waals surface area (Å²) in [6, 6.07) is 0. The largest absolute Gasteiger partial charge is 0.396 e. The van der Waals surface area contributed by atoms with Crippen molar-refractivity contribution in [3.63, 3.8) is 0 Å². The number of hydrogen-bond donors (Lipinski definition) is 4. The van der Waals surface area contributed by atoms with Gasteiger partial charge in [-0.05, 0) is 12.8 Å². The van der Waals surface area contributed by atoms with E-state index >= 15 is 0 Å². The van der Waals surface area contributed by atoms with E-state index in [1.54, 1.807) is 0 Å². The van der Waals surface area contributed by atoms with Crippen LogP contribution in [0, 0.1) is 0 Å². The molecule has 1 fully saturated rings. The van der Waals surface area contributed by atoms with Crippen molar-refractivity contribution < 1.29 is 25.2 Å². The van der Waals surface area contributed by atoms with Crippen molar-refractivity contribution in [1.82, 2.24) is 19.5 Å². The Hall–Kier alpha value is -1.65. The Kier molecular flexibility index (Phi) is 4.32. The van der Waals surface area contributed by atoms with Crippen molar-refractivity contribution in [3.05, 3.63) is 18.3 Å². The van der Waals surface area contributed by atoms with Crippen LogP contribution in [-0.4, -0.2) is 71.5 Å². The van der Waals surface area contributed by atoms with Crippen LogP contribution in [0.15, 0.2) is 12.7 Å². The molecule has 2 aromatic heterocycles. The predicted molar refractivity (Wildman–Crippen MR) is 73.7 cm³/mol. The van der Waals surface area contributed by atoms with Crippen LogP contribution in [0.25, 0.3) is 11.2 Å². The van der Waals surface area contributed by atoms with Crippen molar-refractivity contribution in [2.45, 2.75) is 37.4 Å². The first-order valence-corrected chi connectivity index (χ1v) is 7.07. The van der Waals surface area contributed by atoms with Crippen LogP contribution in [0.5, 0.6) is 0 Å². The van der Waals surface area contributed by atoms with E-state index < -0.39 is 31.1 Å². The molecule has 1 unspecified atom stereocenters. The molecule has 0 spiro atoms. The highest BCUT2D eigenvalue weighted by Crippen LogP contribution is 2.31. The van der Waals surface area contributed by atoms with Gasteiger partial charge in [-0.15, -0.1) is 0 Å². The van der Waals surface area contributed by atoms with E-state index in [4.69, 9.17) is 14.9 Å². The van der Waals surface area contributed by atoms with Gasteiger partial charge in [-0.1, -0.05) is 0 Å². The fourth-order valence-corrected chi connectivity index (χ4v) is 2.63. The molecule has 0 amide bonds. The molecule has 9 nitrogen and oxygen atoms in total. The van der Waals surface area contributed by atoms with Gasteiger partial charge in [0.05, 0.1) is 18.6 Å². The smallest absolute Gasteiger partial charge is 0.165 e. The Labute approximate surface area is 125 Å². The monoisotopic (exact) mass is 310 g/mol. The summed E-state index contributed by atoms with van der Waals surface area (Å²) in [5, 5.41) is 38.0. The summed E-state index contributed by atoms with van der Waals surface area (Å²) in [4.78, 5) is 12.6. The lowest BCUT2D eigenvalue weighted by atomic mass is 10.1. The van der Waals surface area contributed by atoms with E-state index in [9.17, 15) is 10.2 Å². The van der Waals surface area contributed by atoms with E-state index in [1.807, 2.05) is 0 Å². The normalized spacial score (nSPS) is 28.5. The lowest BCUT2D eigenvalue weighted by Gasteiger charge is -2.16. The van der Waals surface area contributed by atoms with Crippen LogP contribution in [0.2, 0.25) is 0 Å². The fraction of sp³-hybridized carbons (Fsp3) is 0.615. The molecular formula is C13H18N4O5. The van der Waals surface area contributed by atoms with Crippen molar-refractivity contribution >= 4 is 11.2 Å². The molecule has 0 saturated carbocycles. The van der Waals surface area contributed by atoms with Gasteiger partial charge in [0.1, 0.15) is 30.2 Å². The Bertz CT molecular complexity index is 648. The molecule has 22 heavy (non-hydrogen) atoms. The molecule has 1 saturated heterocycles. The van der Waals surface area contributed by atoms with Crippen molar-refractivity contribution in [2.24, 2.45) is 0 Å². The van der Waals surface area contributed by atoms with Gasteiger partial charge in [0.2, 0.25) is 0 Å². The topological polar surface area (TPSA) is 134 Å². The zero-order valence-corrected chi connectivity index (χ0v) is 11.8. The summed E-state index contributed by atoms with van der Waals surface area (Å²) in [5.74, 6) is 0. The molecular weight excluding hydrogens is 292 g/mol. The highest BCUT2D eigenvalue weighted by atomic mass is 16.6. The zero-order valence-electron chi connectivity index (χ0n) is 11.8. The van der Waals surface area contributed by atoms with E-state index in [-0.39, 0.29) is 6.61 Å². The van der Waals surface area contributed by atoms with E-state index in [0.717, 1.165) is 0 Å². The highest BCUT2D eigenvalue weighted by molar-refractivity contribution is 5.73. The van der Waals surface area contributed by atoms with Gasteiger partial charge in [0.15, 0.2) is 11.9 Å². The molecule has 0 aliphatic carbocycles. The Balaban J connectivity index is 1.95. The molecule has 3 heterocycles. The number of aromatic nitrogens is 4. The second-order valence-corrected chi connectivity index (χ2v) is 5.20.